The molecule has 2 heteroatoms. The Morgan fingerprint density at radius 3 is 2.44 bits per heavy atom. The summed E-state index contributed by atoms with van der Waals surface area (Å²) < 4.78 is 1.23. The normalized spacial score (nSPS) is 13.6. The first-order valence-corrected chi connectivity index (χ1v) is 7.68. The van der Waals surface area contributed by atoms with Gasteiger partial charge in [0.05, 0.1) is 0 Å². The molecule has 0 saturated heterocycles. The molecule has 0 fully saturated rings. The van der Waals surface area contributed by atoms with Crippen molar-refractivity contribution in [1.82, 2.24) is 5.32 Å². The molecule has 1 atom stereocenters. The van der Waals surface area contributed by atoms with Gasteiger partial charge in [-0.2, -0.15) is 0 Å². The molecule has 1 unspecified atom stereocenters. The van der Waals surface area contributed by atoms with Crippen LogP contribution in [0.5, 0.6) is 0 Å². The summed E-state index contributed by atoms with van der Waals surface area (Å²) in [5.74, 6) is 0.655. The lowest BCUT2D eigenvalue weighted by atomic mass is 9.77. The quantitative estimate of drug-likeness (QED) is 0.754. The van der Waals surface area contributed by atoms with Crippen molar-refractivity contribution in [1.29, 1.82) is 0 Å². The summed E-state index contributed by atoms with van der Waals surface area (Å²) in [6, 6.07) is 8.56. The Kier molecular flexibility index (Phi) is 6.37. The highest BCUT2D eigenvalue weighted by Crippen LogP contribution is 2.30. The molecule has 0 aliphatic rings. The molecule has 0 aromatic heterocycles. The van der Waals surface area contributed by atoms with Gasteiger partial charge in [0.1, 0.15) is 0 Å². The maximum Gasteiger partial charge on any atom is 0.0207 e. The van der Waals surface area contributed by atoms with Crippen molar-refractivity contribution in [2.24, 2.45) is 11.3 Å². The van der Waals surface area contributed by atoms with Crippen LogP contribution in [0, 0.1) is 11.3 Å². The second-order valence-corrected chi connectivity index (χ2v) is 6.92. The molecule has 0 radical (unpaired) electrons. The third kappa shape index (κ3) is 5.11. The van der Waals surface area contributed by atoms with E-state index in [-0.39, 0.29) is 0 Å². The number of rotatable bonds is 6. The van der Waals surface area contributed by atoms with E-state index >= 15 is 0 Å². The maximum absolute atomic E-state index is 3.65. The highest BCUT2D eigenvalue weighted by molar-refractivity contribution is 9.10. The van der Waals surface area contributed by atoms with E-state index in [2.05, 4.69) is 73.2 Å². The topological polar surface area (TPSA) is 12.0 Å². The van der Waals surface area contributed by atoms with E-state index in [4.69, 9.17) is 0 Å². The number of benzene rings is 1. The predicted octanol–water partition coefficient (Wildman–Crippen LogP) is 4.65. The zero-order chi connectivity index (χ0) is 13.6. The van der Waals surface area contributed by atoms with Gasteiger partial charge in [0.2, 0.25) is 0 Å². The highest BCUT2D eigenvalue weighted by atomic mass is 79.9. The fourth-order valence-corrected chi connectivity index (χ4v) is 2.51. The van der Waals surface area contributed by atoms with Crippen LogP contribution in [0.1, 0.15) is 39.7 Å². The predicted molar refractivity (Wildman–Crippen MR) is 84.0 cm³/mol. The molecule has 1 aromatic rings. The average Bonchev–Trinajstić information content (AvgIpc) is 2.29. The first-order valence-electron chi connectivity index (χ1n) is 6.89. The van der Waals surface area contributed by atoms with Gasteiger partial charge in [0.25, 0.3) is 0 Å². The Bertz CT molecular complexity index is 354. The Morgan fingerprint density at radius 2 is 1.89 bits per heavy atom. The average molecular weight is 312 g/mol. The fraction of sp³-hybridized carbons (Fsp3) is 0.625. The standard InChI is InChI=1S/C16H26BrN/c1-5-10-18-12-14(16(2,3)4)11-13-8-6-7-9-15(13)17/h6-9,14,18H,5,10-12H2,1-4H3. The van der Waals surface area contributed by atoms with Gasteiger partial charge in [-0.15, -0.1) is 0 Å². The molecule has 0 aliphatic heterocycles. The van der Waals surface area contributed by atoms with Gasteiger partial charge in [-0.1, -0.05) is 61.8 Å². The fourth-order valence-electron chi connectivity index (χ4n) is 2.07. The van der Waals surface area contributed by atoms with Crippen molar-refractivity contribution >= 4 is 15.9 Å². The van der Waals surface area contributed by atoms with Crippen LogP contribution in [0.25, 0.3) is 0 Å². The lowest BCUT2D eigenvalue weighted by Crippen LogP contribution is -2.33. The summed E-state index contributed by atoms with van der Waals surface area (Å²) in [4.78, 5) is 0. The van der Waals surface area contributed by atoms with E-state index < -0.39 is 0 Å². The van der Waals surface area contributed by atoms with E-state index in [0.29, 0.717) is 11.3 Å². The van der Waals surface area contributed by atoms with Crippen LogP contribution in [-0.4, -0.2) is 13.1 Å². The summed E-state index contributed by atoms with van der Waals surface area (Å²) in [7, 11) is 0. The van der Waals surface area contributed by atoms with E-state index in [1.807, 2.05) is 0 Å². The first kappa shape index (κ1) is 15.7. The van der Waals surface area contributed by atoms with E-state index in [9.17, 15) is 0 Å². The van der Waals surface area contributed by atoms with Gasteiger partial charge < -0.3 is 5.32 Å². The van der Waals surface area contributed by atoms with Crippen molar-refractivity contribution in [3.05, 3.63) is 34.3 Å². The summed E-state index contributed by atoms with van der Waals surface area (Å²) >= 11 is 3.65. The van der Waals surface area contributed by atoms with Gasteiger partial charge in [0.15, 0.2) is 0 Å². The van der Waals surface area contributed by atoms with Crippen LogP contribution in [0.4, 0.5) is 0 Å². The third-order valence-corrected chi connectivity index (χ3v) is 4.24. The van der Waals surface area contributed by atoms with Crippen LogP contribution in [0.2, 0.25) is 0 Å². The Labute approximate surface area is 120 Å². The summed E-state index contributed by atoms with van der Waals surface area (Å²) in [5.41, 5.74) is 1.74. The zero-order valence-electron chi connectivity index (χ0n) is 12.1. The number of nitrogens with one attached hydrogen (secondary N) is 1. The smallest absolute Gasteiger partial charge is 0.0207 e. The van der Waals surface area contributed by atoms with Gasteiger partial charge in [-0.25, -0.2) is 0 Å². The molecule has 1 N–H and O–H groups in total. The molecule has 102 valence electrons. The molecule has 1 aromatic carbocycles. The SMILES string of the molecule is CCCNCC(Cc1ccccc1Br)C(C)(C)C. The zero-order valence-corrected chi connectivity index (χ0v) is 13.7. The highest BCUT2D eigenvalue weighted by Gasteiger charge is 2.24. The molecule has 0 spiro atoms. The molecular weight excluding hydrogens is 286 g/mol. The number of hydrogen-bond donors (Lipinski definition) is 1. The van der Waals surface area contributed by atoms with Crippen LogP contribution >= 0.6 is 15.9 Å². The molecule has 0 amide bonds. The molecule has 1 nitrogen and oxygen atoms in total. The molecule has 0 aliphatic carbocycles. The minimum absolute atomic E-state index is 0.329. The Morgan fingerprint density at radius 1 is 1.22 bits per heavy atom. The molecule has 0 bridgehead atoms. The number of halogens is 1. The molecule has 1 rings (SSSR count). The lowest BCUT2D eigenvalue weighted by molar-refractivity contribution is 0.231. The van der Waals surface area contributed by atoms with Crippen molar-refractivity contribution in [3.8, 4) is 0 Å². The number of hydrogen-bond acceptors (Lipinski definition) is 1. The Balaban J connectivity index is 2.70. The summed E-state index contributed by atoms with van der Waals surface area (Å²) in [6.07, 6.45) is 2.33. The van der Waals surface area contributed by atoms with Crippen molar-refractivity contribution in [2.45, 2.75) is 40.5 Å². The minimum Gasteiger partial charge on any atom is -0.316 e. The van der Waals surface area contributed by atoms with Crippen LogP contribution in [0.3, 0.4) is 0 Å². The second kappa shape index (κ2) is 7.30. The maximum atomic E-state index is 3.65. The van der Waals surface area contributed by atoms with Crippen LogP contribution < -0.4 is 5.32 Å². The molecule has 0 saturated carbocycles. The van der Waals surface area contributed by atoms with Gasteiger partial charge >= 0.3 is 0 Å². The van der Waals surface area contributed by atoms with E-state index in [1.54, 1.807) is 0 Å². The second-order valence-electron chi connectivity index (χ2n) is 6.06. The monoisotopic (exact) mass is 311 g/mol. The van der Waals surface area contributed by atoms with Gasteiger partial charge in [-0.05, 0) is 48.9 Å². The summed E-state index contributed by atoms with van der Waals surface area (Å²) in [5, 5.41) is 3.57. The van der Waals surface area contributed by atoms with Crippen LogP contribution in [-0.2, 0) is 6.42 Å². The largest absolute Gasteiger partial charge is 0.316 e. The van der Waals surface area contributed by atoms with Gasteiger partial charge in [-0.3, -0.25) is 0 Å². The lowest BCUT2D eigenvalue weighted by Gasteiger charge is -2.31. The molecular formula is C16H26BrN. The van der Waals surface area contributed by atoms with Gasteiger partial charge in [0, 0.05) is 4.47 Å². The van der Waals surface area contributed by atoms with Crippen molar-refractivity contribution in [3.63, 3.8) is 0 Å². The molecule has 0 heterocycles. The van der Waals surface area contributed by atoms with Crippen molar-refractivity contribution < 1.29 is 0 Å². The third-order valence-electron chi connectivity index (χ3n) is 3.47. The minimum atomic E-state index is 0.329. The van der Waals surface area contributed by atoms with E-state index in [1.165, 1.54) is 16.5 Å². The first-order chi connectivity index (χ1) is 8.45. The summed E-state index contributed by atoms with van der Waals surface area (Å²) in [6.45, 7) is 11.4. The molecule has 18 heavy (non-hydrogen) atoms. The van der Waals surface area contributed by atoms with Crippen LogP contribution in [0.15, 0.2) is 28.7 Å². The van der Waals surface area contributed by atoms with Crippen molar-refractivity contribution in [2.75, 3.05) is 13.1 Å². The Hall–Kier alpha value is -0.340. The van der Waals surface area contributed by atoms with E-state index in [0.717, 1.165) is 19.5 Å².